The standard InChI is InChI=1S/C21H25N3O2S/c1-21(2,3)19-9-11-20(12-10-19)27(25,26)23-15-17-7-4-5-8-18(17)16-24-14-6-13-22-24/h4-14,23H,15-16H2,1-3H3. The molecule has 0 aliphatic rings. The number of sulfonamides is 1. The molecule has 0 aliphatic carbocycles. The van der Waals surface area contributed by atoms with Crippen LogP contribution >= 0.6 is 0 Å². The molecule has 0 saturated carbocycles. The van der Waals surface area contributed by atoms with Crippen LogP contribution in [0, 0.1) is 0 Å². The molecule has 0 atom stereocenters. The monoisotopic (exact) mass is 383 g/mol. The number of hydrogen-bond donors (Lipinski definition) is 1. The Balaban J connectivity index is 1.74. The van der Waals surface area contributed by atoms with E-state index in [0.717, 1.165) is 16.7 Å². The minimum Gasteiger partial charge on any atom is -0.268 e. The van der Waals surface area contributed by atoms with E-state index in [-0.39, 0.29) is 16.9 Å². The SMILES string of the molecule is CC(C)(C)c1ccc(S(=O)(=O)NCc2ccccc2Cn2cccn2)cc1. The van der Waals surface area contributed by atoms with Gasteiger partial charge in [-0.05, 0) is 40.3 Å². The van der Waals surface area contributed by atoms with E-state index in [1.807, 2.05) is 53.3 Å². The minimum atomic E-state index is -3.57. The zero-order valence-corrected chi connectivity index (χ0v) is 16.7. The molecule has 0 amide bonds. The molecule has 6 heteroatoms. The molecule has 142 valence electrons. The largest absolute Gasteiger partial charge is 0.268 e. The predicted octanol–water partition coefficient (Wildman–Crippen LogP) is 3.71. The Labute approximate surface area is 161 Å². The number of benzene rings is 2. The molecule has 2 aromatic carbocycles. The third-order valence-corrected chi connectivity index (χ3v) is 5.91. The molecule has 0 saturated heterocycles. The lowest BCUT2D eigenvalue weighted by molar-refractivity contribution is 0.577. The highest BCUT2D eigenvalue weighted by Gasteiger charge is 2.18. The van der Waals surface area contributed by atoms with Gasteiger partial charge >= 0.3 is 0 Å². The van der Waals surface area contributed by atoms with Crippen LogP contribution in [0.15, 0.2) is 71.9 Å². The van der Waals surface area contributed by atoms with Gasteiger partial charge in [0, 0.05) is 18.9 Å². The van der Waals surface area contributed by atoms with Crippen molar-refractivity contribution in [1.82, 2.24) is 14.5 Å². The quantitative estimate of drug-likeness (QED) is 0.706. The van der Waals surface area contributed by atoms with Crippen LogP contribution in [0.5, 0.6) is 0 Å². The molecule has 0 fully saturated rings. The van der Waals surface area contributed by atoms with Gasteiger partial charge in [-0.15, -0.1) is 0 Å². The van der Waals surface area contributed by atoms with E-state index in [2.05, 4.69) is 30.6 Å². The average Bonchev–Trinajstić information content (AvgIpc) is 3.13. The summed E-state index contributed by atoms with van der Waals surface area (Å²) in [5.74, 6) is 0. The van der Waals surface area contributed by atoms with Gasteiger partial charge in [-0.2, -0.15) is 5.10 Å². The normalized spacial score (nSPS) is 12.3. The second kappa shape index (κ2) is 7.66. The molecule has 0 bridgehead atoms. The Kier molecular flexibility index (Phi) is 5.48. The van der Waals surface area contributed by atoms with Crippen molar-refractivity contribution in [2.75, 3.05) is 0 Å². The summed E-state index contributed by atoms with van der Waals surface area (Å²) in [7, 11) is -3.57. The highest BCUT2D eigenvalue weighted by molar-refractivity contribution is 7.89. The van der Waals surface area contributed by atoms with E-state index >= 15 is 0 Å². The van der Waals surface area contributed by atoms with Gasteiger partial charge in [-0.3, -0.25) is 4.68 Å². The molecular weight excluding hydrogens is 358 g/mol. The van der Waals surface area contributed by atoms with Crippen molar-refractivity contribution >= 4 is 10.0 Å². The molecule has 0 aliphatic heterocycles. The first-order valence-electron chi connectivity index (χ1n) is 8.90. The Morgan fingerprint density at radius 3 is 2.22 bits per heavy atom. The van der Waals surface area contributed by atoms with Crippen molar-refractivity contribution in [2.24, 2.45) is 0 Å². The zero-order chi connectivity index (χ0) is 19.5. The van der Waals surface area contributed by atoms with E-state index < -0.39 is 10.0 Å². The lowest BCUT2D eigenvalue weighted by Crippen LogP contribution is -2.24. The fraction of sp³-hybridized carbons (Fsp3) is 0.286. The molecule has 27 heavy (non-hydrogen) atoms. The maximum atomic E-state index is 12.7. The summed E-state index contributed by atoms with van der Waals surface area (Å²) in [6, 6.07) is 16.7. The van der Waals surface area contributed by atoms with Gasteiger partial charge in [0.2, 0.25) is 10.0 Å². The van der Waals surface area contributed by atoms with Crippen LogP contribution in [-0.4, -0.2) is 18.2 Å². The predicted molar refractivity (Wildman–Crippen MR) is 107 cm³/mol. The van der Waals surface area contributed by atoms with Crippen LogP contribution in [0.2, 0.25) is 0 Å². The maximum Gasteiger partial charge on any atom is 0.240 e. The van der Waals surface area contributed by atoms with Crippen LogP contribution < -0.4 is 4.72 Å². The van der Waals surface area contributed by atoms with E-state index in [4.69, 9.17) is 0 Å². The average molecular weight is 384 g/mol. The van der Waals surface area contributed by atoms with Crippen molar-refractivity contribution in [2.45, 2.75) is 44.2 Å². The molecule has 3 aromatic rings. The van der Waals surface area contributed by atoms with Gasteiger partial charge in [-0.25, -0.2) is 13.1 Å². The minimum absolute atomic E-state index is 0.0127. The first-order chi connectivity index (χ1) is 12.8. The lowest BCUT2D eigenvalue weighted by atomic mass is 9.87. The number of hydrogen-bond acceptors (Lipinski definition) is 3. The number of aromatic nitrogens is 2. The molecule has 1 heterocycles. The van der Waals surface area contributed by atoms with Crippen LogP contribution in [0.25, 0.3) is 0 Å². The van der Waals surface area contributed by atoms with Crippen molar-refractivity contribution in [3.05, 3.63) is 83.7 Å². The Morgan fingerprint density at radius 2 is 1.63 bits per heavy atom. The molecule has 1 N–H and O–H groups in total. The summed E-state index contributed by atoms with van der Waals surface area (Å²) in [5, 5.41) is 4.22. The maximum absolute atomic E-state index is 12.7. The van der Waals surface area contributed by atoms with Gasteiger partial charge in [0.1, 0.15) is 0 Å². The van der Waals surface area contributed by atoms with E-state index in [1.165, 1.54) is 0 Å². The summed E-state index contributed by atoms with van der Waals surface area (Å²) in [6.07, 6.45) is 3.62. The zero-order valence-electron chi connectivity index (χ0n) is 15.9. The van der Waals surface area contributed by atoms with Crippen molar-refractivity contribution < 1.29 is 8.42 Å². The van der Waals surface area contributed by atoms with Gasteiger partial charge in [0.15, 0.2) is 0 Å². The van der Waals surface area contributed by atoms with Gasteiger partial charge in [0.05, 0.1) is 11.4 Å². The van der Waals surface area contributed by atoms with Crippen LogP contribution in [0.1, 0.15) is 37.5 Å². The molecule has 0 radical (unpaired) electrons. The molecule has 3 rings (SSSR count). The van der Waals surface area contributed by atoms with Crippen molar-refractivity contribution in [3.8, 4) is 0 Å². The summed E-state index contributed by atoms with van der Waals surface area (Å²) in [4.78, 5) is 0.278. The first-order valence-corrected chi connectivity index (χ1v) is 10.4. The first kappa shape index (κ1) is 19.3. The Bertz CT molecular complexity index is 987. The molecular formula is C21H25N3O2S. The number of rotatable bonds is 6. The van der Waals surface area contributed by atoms with Gasteiger partial charge < -0.3 is 0 Å². The van der Waals surface area contributed by atoms with Crippen molar-refractivity contribution in [1.29, 1.82) is 0 Å². The lowest BCUT2D eigenvalue weighted by Gasteiger charge is -2.19. The third-order valence-electron chi connectivity index (χ3n) is 4.49. The topological polar surface area (TPSA) is 64.0 Å². The van der Waals surface area contributed by atoms with Crippen LogP contribution in [-0.2, 0) is 28.5 Å². The number of nitrogens with one attached hydrogen (secondary N) is 1. The highest BCUT2D eigenvalue weighted by Crippen LogP contribution is 2.23. The second-order valence-electron chi connectivity index (χ2n) is 7.57. The number of nitrogens with zero attached hydrogens (tertiary/aromatic N) is 2. The van der Waals surface area contributed by atoms with E-state index in [1.54, 1.807) is 18.3 Å². The summed E-state index contributed by atoms with van der Waals surface area (Å²) >= 11 is 0. The fourth-order valence-corrected chi connectivity index (χ4v) is 3.85. The Hall–Kier alpha value is -2.44. The summed E-state index contributed by atoms with van der Waals surface area (Å²) in [6.45, 7) is 7.15. The van der Waals surface area contributed by atoms with E-state index in [9.17, 15) is 8.42 Å². The fourth-order valence-electron chi connectivity index (χ4n) is 2.84. The highest BCUT2D eigenvalue weighted by atomic mass is 32.2. The third kappa shape index (κ3) is 4.84. The molecule has 5 nitrogen and oxygen atoms in total. The van der Waals surface area contributed by atoms with Crippen molar-refractivity contribution in [3.63, 3.8) is 0 Å². The van der Waals surface area contributed by atoms with Gasteiger partial charge in [-0.1, -0.05) is 57.2 Å². The van der Waals surface area contributed by atoms with Crippen LogP contribution in [0.3, 0.4) is 0 Å². The summed E-state index contributed by atoms with van der Waals surface area (Å²) < 4.78 is 29.9. The molecule has 0 unspecified atom stereocenters. The van der Waals surface area contributed by atoms with Gasteiger partial charge in [0.25, 0.3) is 0 Å². The Morgan fingerprint density at radius 1 is 0.963 bits per heavy atom. The smallest absolute Gasteiger partial charge is 0.240 e. The molecule has 0 spiro atoms. The van der Waals surface area contributed by atoms with Crippen LogP contribution in [0.4, 0.5) is 0 Å². The second-order valence-corrected chi connectivity index (χ2v) is 9.34. The van der Waals surface area contributed by atoms with E-state index in [0.29, 0.717) is 6.54 Å². The summed E-state index contributed by atoms with van der Waals surface area (Å²) in [5.41, 5.74) is 3.06. The molecule has 1 aromatic heterocycles.